The van der Waals surface area contributed by atoms with Crippen molar-refractivity contribution < 1.29 is 9.84 Å². The predicted molar refractivity (Wildman–Crippen MR) is 192 cm³/mol. The zero-order valence-electron chi connectivity index (χ0n) is 27.6. The number of rotatable bonds is 11. The molecule has 0 saturated carbocycles. The molecule has 7 rings (SSSR count). The summed E-state index contributed by atoms with van der Waals surface area (Å²) in [7, 11) is 0. The number of aliphatic imine (C=N–C) groups is 1. The zero-order chi connectivity index (χ0) is 32.2. The first-order valence-corrected chi connectivity index (χ1v) is 17.5. The van der Waals surface area contributed by atoms with Crippen molar-refractivity contribution in [3.63, 3.8) is 0 Å². The highest BCUT2D eigenvalue weighted by Gasteiger charge is 2.52. The third-order valence-corrected chi connectivity index (χ3v) is 10.5. The van der Waals surface area contributed by atoms with Gasteiger partial charge in [-0.3, -0.25) is 4.99 Å². The van der Waals surface area contributed by atoms with E-state index in [1.165, 1.54) is 40.7 Å². The van der Waals surface area contributed by atoms with E-state index in [1.54, 1.807) is 0 Å². The minimum atomic E-state index is -0.634. The van der Waals surface area contributed by atoms with Crippen molar-refractivity contribution in [1.82, 2.24) is 5.32 Å². The second-order valence-corrected chi connectivity index (χ2v) is 13.3. The minimum absolute atomic E-state index is 0.210. The summed E-state index contributed by atoms with van der Waals surface area (Å²) in [5.74, 6) is 1.22. The number of ether oxygens (including phenoxy) is 1. The minimum Gasteiger partial charge on any atom is -0.479 e. The molecule has 240 valence electrons. The Kier molecular flexibility index (Phi) is 9.13. The van der Waals surface area contributed by atoms with Gasteiger partial charge in [-0.2, -0.15) is 0 Å². The molecule has 1 aliphatic heterocycles. The molecule has 0 radical (unpaired) electrons. The van der Waals surface area contributed by atoms with Gasteiger partial charge in [-0.15, -0.1) is 0 Å². The summed E-state index contributed by atoms with van der Waals surface area (Å²) in [5, 5.41) is 14.7. The van der Waals surface area contributed by atoms with E-state index in [0.717, 1.165) is 36.4 Å². The van der Waals surface area contributed by atoms with Gasteiger partial charge in [0, 0.05) is 23.5 Å². The van der Waals surface area contributed by atoms with Crippen LogP contribution < -0.4 is 5.32 Å². The van der Waals surface area contributed by atoms with E-state index in [-0.39, 0.29) is 18.0 Å². The lowest BCUT2D eigenvalue weighted by Crippen LogP contribution is -2.43. The summed E-state index contributed by atoms with van der Waals surface area (Å²) < 4.78 is 6.60. The van der Waals surface area contributed by atoms with Crippen molar-refractivity contribution in [2.45, 2.75) is 69.6 Å². The highest BCUT2D eigenvalue weighted by Crippen LogP contribution is 2.60. The van der Waals surface area contributed by atoms with E-state index in [9.17, 15) is 5.11 Å². The van der Waals surface area contributed by atoms with E-state index in [0.29, 0.717) is 12.5 Å². The lowest BCUT2D eigenvalue weighted by Gasteiger charge is -2.38. The molecule has 4 aliphatic rings. The maximum Gasteiger partial charge on any atom is 0.190 e. The van der Waals surface area contributed by atoms with Gasteiger partial charge in [0.25, 0.3) is 0 Å². The Morgan fingerprint density at radius 2 is 1.62 bits per heavy atom. The summed E-state index contributed by atoms with van der Waals surface area (Å²) in [6.07, 6.45) is 19.1. The number of aliphatic hydroxyl groups is 1. The molecule has 1 heterocycles. The van der Waals surface area contributed by atoms with Crippen LogP contribution in [0.15, 0.2) is 149 Å². The van der Waals surface area contributed by atoms with Crippen LogP contribution in [0.2, 0.25) is 0 Å². The number of nitrogens with one attached hydrogen (secondary N) is 1. The standard InChI is InChI=1S/C43H46N2O2/c1-3-5-17-30(4-2)29-47-40-28-38(44-42(45-40)36-23-13-15-27-39(36)46)35-25-16-24-34-33-22-12-14-26-37(33)43(41(34)35,31-18-8-6-9-19-31)32-20-10-7-11-21-32/h6-16,18-23,25-28,30,34,36,39,42,45-46H,3-5,17,24,29H2,1-2H3. The molecule has 0 amide bonds. The monoisotopic (exact) mass is 622 g/mol. The molecule has 3 aromatic rings. The highest BCUT2D eigenvalue weighted by atomic mass is 16.5. The Balaban J connectivity index is 1.42. The molecule has 0 bridgehead atoms. The second kappa shape index (κ2) is 13.8. The number of fused-ring (bicyclic) bond motifs is 3. The molecule has 4 heteroatoms. The Labute approximate surface area is 280 Å². The predicted octanol–water partition coefficient (Wildman–Crippen LogP) is 8.92. The zero-order valence-corrected chi connectivity index (χ0v) is 27.6. The van der Waals surface area contributed by atoms with Crippen LogP contribution in [0.5, 0.6) is 0 Å². The number of hydrogen-bond acceptors (Lipinski definition) is 4. The fourth-order valence-corrected chi connectivity index (χ4v) is 8.09. The lowest BCUT2D eigenvalue weighted by molar-refractivity contribution is 0.114. The maximum atomic E-state index is 11.1. The average Bonchev–Trinajstić information content (AvgIpc) is 3.44. The lowest BCUT2D eigenvalue weighted by atomic mass is 9.64. The van der Waals surface area contributed by atoms with Crippen LogP contribution in [0.3, 0.4) is 0 Å². The van der Waals surface area contributed by atoms with Crippen molar-refractivity contribution in [2.75, 3.05) is 6.61 Å². The summed E-state index contributed by atoms with van der Waals surface area (Å²) in [4.78, 5) is 5.40. The fourth-order valence-electron chi connectivity index (χ4n) is 8.09. The van der Waals surface area contributed by atoms with Gasteiger partial charge in [-0.05, 0) is 46.6 Å². The third kappa shape index (κ3) is 5.74. The van der Waals surface area contributed by atoms with Crippen LogP contribution >= 0.6 is 0 Å². The average molecular weight is 623 g/mol. The van der Waals surface area contributed by atoms with Crippen LogP contribution in [0.4, 0.5) is 0 Å². The topological polar surface area (TPSA) is 53.9 Å². The second-order valence-electron chi connectivity index (χ2n) is 13.3. The fraction of sp³-hybridized carbons (Fsp3) is 0.326. The normalized spacial score (nSPS) is 24.6. The van der Waals surface area contributed by atoms with E-state index >= 15 is 0 Å². The Bertz CT molecular complexity index is 1710. The molecule has 5 unspecified atom stereocenters. The molecule has 3 aromatic carbocycles. The molecule has 0 spiro atoms. The molecule has 0 fully saturated rings. The van der Waals surface area contributed by atoms with Gasteiger partial charge in [-0.25, -0.2) is 0 Å². The van der Waals surface area contributed by atoms with Crippen LogP contribution in [-0.4, -0.2) is 29.7 Å². The molecule has 0 saturated heterocycles. The first-order chi connectivity index (χ1) is 23.1. The van der Waals surface area contributed by atoms with Crippen LogP contribution in [0.1, 0.15) is 74.1 Å². The Morgan fingerprint density at radius 3 is 2.32 bits per heavy atom. The van der Waals surface area contributed by atoms with E-state index in [1.807, 2.05) is 18.2 Å². The highest BCUT2D eigenvalue weighted by molar-refractivity contribution is 6.12. The summed E-state index contributed by atoms with van der Waals surface area (Å²) in [5.41, 5.74) is 8.15. The van der Waals surface area contributed by atoms with E-state index < -0.39 is 11.5 Å². The number of nitrogens with zero attached hydrogens (tertiary/aromatic N) is 1. The molecular formula is C43H46N2O2. The Hall–Kier alpha value is -4.41. The first-order valence-electron chi connectivity index (χ1n) is 17.5. The van der Waals surface area contributed by atoms with E-state index in [2.05, 4.69) is 128 Å². The van der Waals surface area contributed by atoms with Crippen LogP contribution in [-0.2, 0) is 10.2 Å². The largest absolute Gasteiger partial charge is 0.479 e. The summed E-state index contributed by atoms with van der Waals surface area (Å²) >= 11 is 0. The summed E-state index contributed by atoms with van der Waals surface area (Å²) in [6, 6.07) is 31.0. The van der Waals surface area contributed by atoms with Crippen molar-refractivity contribution in [2.24, 2.45) is 16.8 Å². The van der Waals surface area contributed by atoms with Crippen molar-refractivity contribution in [1.29, 1.82) is 0 Å². The molecule has 4 nitrogen and oxygen atoms in total. The first kappa shape index (κ1) is 31.2. The number of aliphatic hydroxyl groups excluding tert-OH is 1. The smallest absolute Gasteiger partial charge is 0.190 e. The van der Waals surface area contributed by atoms with Gasteiger partial charge in [0.15, 0.2) is 5.88 Å². The van der Waals surface area contributed by atoms with Gasteiger partial charge in [0.05, 0.1) is 23.8 Å². The molecule has 2 N–H and O–H groups in total. The molecular weight excluding hydrogens is 576 g/mol. The van der Waals surface area contributed by atoms with Crippen LogP contribution in [0.25, 0.3) is 0 Å². The Morgan fingerprint density at radius 1 is 0.915 bits per heavy atom. The van der Waals surface area contributed by atoms with Gasteiger partial charge in [0.1, 0.15) is 6.17 Å². The maximum absolute atomic E-state index is 11.1. The number of benzene rings is 3. The van der Waals surface area contributed by atoms with Gasteiger partial charge in [0.2, 0.25) is 0 Å². The molecule has 3 aliphatic carbocycles. The summed E-state index contributed by atoms with van der Waals surface area (Å²) in [6.45, 7) is 5.16. The number of allylic oxidation sites excluding steroid dienone is 7. The van der Waals surface area contributed by atoms with Gasteiger partial charge in [-0.1, -0.05) is 154 Å². The SMILES string of the molecule is CCCCC(CC)COC1=CC(C2=C3C(CC=C2)c2ccccc2C3(c2ccccc2)c2ccccc2)=NC(C2C=CC=CC2O)N1. The van der Waals surface area contributed by atoms with Gasteiger partial charge < -0.3 is 15.2 Å². The van der Waals surface area contributed by atoms with Crippen molar-refractivity contribution >= 4 is 5.71 Å². The molecule has 0 aromatic heterocycles. The number of hydrogen-bond donors (Lipinski definition) is 2. The quantitative estimate of drug-likeness (QED) is 0.225. The van der Waals surface area contributed by atoms with E-state index in [4.69, 9.17) is 9.73 Å². The molecule has 47 heavy (non-hydrogen) atoms. The van der Waals surface area contributed by atoms with Crippen LogP contribution in [0, 0.1) is 11.8 Å². The van der Waals surface area contributed by atoms with Gasteiger partial charge >= 0.3 is 0 Å². The number of unbranched alkanes of at least 4 members (excludes halogenated alkanes) is 1. The molecule has 5 atom stereocenters. The third-order valence-electron chi connectivity index (χ3n) is 10.5. The van der Waals surface area contributed by atoms with Crippen molar-refractivity contribution in [3.8, 4) is 0 Å². The van der Waals surface area contributed by atoms with Crippen molar-refractivity contribution in [3.05, 3.63) is 167 Å².